The number of nitrogens with one attached hydrogen (secondary N) is 1. The Balaban J connectivity index is 1.80. The van der Waals surface area contributed by atoms with Gasteiger partial charge < -0.3 is 5.32 Å². The van der Waals surface area contributed by atoms with Gasteiger partial charge in [0.2, 0.25) is 5.95 Å². The molecule has 1 aliphatic rings. The van der Waals surface area contributed by atoms with E-state index in [-0.39, 0.29) is 17.5 Å². The maximum absolute atomic E-state index is 13.0. The third kappa shape index (κ3) is 2.29. The Bertz CT molecular complexity index is 652. The van der Waals surface area contributed by atoms with Gasteiger partial charge >= 0.3 is 0 Å². The van der Waals surface area contributed by atoms with Crippen LogP contribution in [-0.2, 0) is 13.5 Å². The summed E-state index contributed by atoms with van der Waals surface area (Å²) >= 11 is 0. The Hall–Kier alpha value is -2.24. The zero-order valence-corrected chi connectivity index (χ0v) is 11.1. The van der Waals surface area contributed by atoms with Crippen molar-refractivity contribution in [2.75, 3.05) is 0 Å². The lowest BCUT2D eigenvalue weighted by Crippen LogP contribution is -2.31. The number of carbonyl (C=O) groups excluding carboxylic acids is 1. The van der Waals surface area contributed by atoms with E-state index in [2.05, 4.69) is 15.4 Å². The van der Waals surface area contributed by atoms with Crippen molar-refractivity contribution in [2.45, 2.75) is 25.3 Å². The van der Waals surface area contributed by atoms with E-state index in [1.165, 1.54) is 12.3 Å². The standard InChI is InChI=1S/C14H15FN4O/c1-19-12-4-2-3-11(10(12)8-17-19)18-14(20)9-5-6-16-13(15)7-9/h5-8,11H,2-4H2,1H3,(H,18,20). The highest BCUT2D eigenvalue weighted by atomic mass is 19.1. The average molecular weight is 274 g/mol. The summed E-state index contributed by atoms with van der Waals surface area (Å²) < 4.78 is 14.9. The van der Waals surface area contributed by atoms with Crippen LogP contribution in [0.1, 0.15) is 40.5 Å². The Labute approximate surface area is 115 Å². The average Bonchev–Trinajstić information content (AvgIpc) is 2.82. The minimum atomic E-state index is -0.650. The molecule has 0 saturated carbocycles. The van der Waals surface area contributed by atoms with Crippen LogP contribution in [0.3, 0.4) is 0 Å². The second kappa shape index (κ2) is 5.03. The fourth-order valence-electron chi connectivity index (χ4n) is 2.64. The van der Waals surface area contributed by atoms with E-state index in [4.69, 9.17) is 0 Å². The lowest BCUT2D eigenvalue weighted by Gasteiger charge is -2.23. The number of amides is 1. The number of aryl methyl sites for hydroxylation is 1. The minimum absolute atomic E-state index is 0.0591. The highest BCUT2D eigenvalue weighted by molar-refractivity contribution is 5.94. The number of hydrogen-bond acceptors (Lipinski definition) is 3. The summed E-state index contributed by atoms with van der Waals surface area (Å²) in [6, 6.07) is 2.59. The fourth-order valence-corrected chi connectivity index (χ4v) is 2.64. The molecule has 0 bridgehead atoms. The predicted octanol–water partition coefficient (Wildman–Crippen LogP) is 1.76. The monoisotopic (exact) mass is 274 g/mol. The summed E-state index contributed by atoms with van der Waals surface area (Å²) in [7, 11) is 1.90. The van der Waals surface area contributed by atoms with Gasteiger partial charge in [0, 0.05) is 36.1 Å². The molecule has 6 heteroatoms. The van der Waals surface area contributed by atoms with Crippen LogP contribution in [-0.4, -0.2) is 20.7 Å². The molecule has 5 nitrogen and oxygen atoms in total. The first-order valence-corrected chi connectivity index (χ1v) is 6.58. The van der Waals surface area contributed by atoms with E-state index in [1.54, 1.807) is 6.20 Å². The smallest absolute Gasteiger partial charge is 0.251 e. The molecule has 0 fully saturated rings. The molecule has 2 aromatic heterocycles. The predicted molar refractivity (Wildman–Crippen MR) is 70.5 cm³/mol. The van der Waals surface area contributed by atoms with Gasteiger partial charge in [0.15, 0.2) is 0 Å². The maximum atomic E-state index is 13.0. The SMILES string of the molecule is Cn1ncc2c1CCCC2NC(=O)c1ccnc(F)c1. The molecule has 3 rings (SSSR count). The van der Waals surface area contributed by atoms with Gasteiger partial charge in [-0.15, -0.1) is 0 Å². The van der Waals surface area contributed by atoms with Gasteiger partial charge in [-0.05, 0) is 25.3 Å². The molecule has 1 aliphatic carbocycles. The van der Waals surface area contributed by atoms with E-state index < -0.39 is 5.95 Å². The van der Waals surface area contributed by atoms with Crippen molar-refractivity contribution in [1.82, 2.24) is 20.1 Å². The quantitative estimate of drug-likeness (QED) is 0.849. The van der Waals surface area contributed by atoms with Crippen LogP contribution in [0.5, 0.6) is 0 Å². The van der Waals surface area contributed by atoms with E-state index in [0.29, 0.717) is 0 Å². The molecule has 1 N–H and O–H groups in total. The molecule has 20 heavy (non-hydrogen) atoms. The van der Waals surface area contributed by atoms with Gasteiger partial charge in [0.05, 0.1) is 12.2 Å². The van der Waals surface area contributed by atoms with Crippen LogP contribution in [0.4, 0.5) is 4.39 Å². The van der Waals surface area contributed by atoms with Crippen LogP contribution < -0.4 is 5.32 Å². The molecule has 104 valence electrons. The summed E-state index contributed by atoms with van der Waals surface area (Å²) in [6.07, 6.45) is 5.94. The number of carbonyl (C=O) groups is 1. The van der Waals surface area contributed by atoms with Crippen LogP contribution in [0.15, 0.2) is 24.5 Å². The molecule has 1 atom stereocenters. The summed E-state index contributed by atoms with van der Waals surface area (Å²) in [6.45, 7) is 0. The number of hydrogen-bond donors (Lipinski definition) is 1. The van der Waals surface area contributed by atoms with Gasteiger partial charge in [-0.25, -0.2) is 4.98 Å². The normalized spacial score (nSPS) is 17.6. The highest BCUT2D eigenvalue weighted by Crippen LogP contribution is 2.29. The number of halogens is 1. The number of aromatic nitrogens is 3. The van der Waals surface area contributed by atoms with E-state index >= 15 is 0 Å². The van der Waals surface area contributed by atoms with Crippen LogP contribution >= 0.6 is 0 Å². The topological polar surface area (TPSA) is 59.8 Å². The Morgan fingerprint density at radius 1 is 1.55 bits per heavy atom. The third-order valence-corrected chi connectivity index (χ3v) is 3.67. The highest BCUT2D eigenvalue weighted by Gasteiger charge is 2.25. The largest absolute Gasteiger partial charge is 0.345 e. The molecular weight excluding hydrogens is 259 g/mol. The summed E-state index contributed by atoms with van der Waals surface area (Å²) in [5.74, 6) is -0.934. The molecule has 0 radical (unpaired) electrons. The zero-order valence-electron chi connectivity index (χ0n) is 11.1. The van der Waals surface area contributed by atoms with Crippen LogP contribution in [0.25, 0.3) is 0 Å². The first-order valence-electron chi connectivity index (χ1n) is 6.58. The van der Waals surface area contributed by atoms with Gasteiger partial charge in [-0.2, -0.15) is 9.49 Å². The van der Waals surface area contributed by atoms with Crippen molar-refractivity contribution in [3.8, 4) is 0 Å². The molecular formula is C14H15FN4O. The van der Waals surface area contributed by atoms with Crippen molar-refractivity contribution in [1.29, 1.82) is 0 Å². The summed E-state index contributed by atoms with van der Waals surface area (Å²) in [4.78, 5) is 15.6. The van der Waals surface area contributed by atoms with Crippen LogP contribution in [0, 0.1) is 5.95 Å². The zero-order chi connectivity index (χ0) is 14.1. The maximum Gasteiger partial charge on any atom is 0.251 e. The fraction of sp³-hybridized carbons (Fsp3) is 0.357. The molecule has 0 aliphatic heterocycles. The molecule has 0 saturated heterocycles. The molecule has 0 spiro atoms. The van der Waals surface area contributed by atoms with Crippen molar-refractivity contribution in [3.63, 3.8) is 0 Å². The first kappa shape index (κ1) is 12.8. The van der Waals surface area contributed by atoms with Crippen molar-refractivity contribution in [3.05, 3.63) is 47.3 Å². The number of pyridine rings is 1. The van der Waals surface area contributed by atoms with Crippen LogP contribution in [0.2, 0.25) is 0 Å². The Kier molecular flexibility index (Phi) is 3.22. The van der Waals surface area contributed by atoms with Crippen molar-refractivity contribution < 1.29 is 9.18 Å². The van der Waals surface area contributed by atoms with Gasteiger partial charge in [-0.1, -0.05) is 0 Å². The van der Waals surface area contributed by atoms with Crippen molar-refractivity contribution in [2.24, 2.45) is 7.05 Å². The molecule has 1 unspecified atom stereocenters. The lowest BCUT2D eigenvalue weighted by molar-refractivity contribution is 0.0932. The third-order valence-electron chi connectivity index (χ3n) is 3.67. The molecule has 0 aromatic carbocycles. The number of rotatable bonds is 2. The molecule has 2 aromatic rings. The number of nitrogens with zero attached hydrogens (tertiary/aromatic N) is 3. The number of fused-ring (bicyclic) bond motifs is 1. The molecule has 1 amide bonds. The molecule has 2 heterocycles. The summed E-state index contributed by atoms with van der Waals surface area (Å²) in [5.41, 5.74) is 2.50. The van der Waals surface area contributed by atoms with Crippen molar-refractivity contribution >= 4 is 5.91 Å². The lowest BCUT2D eigenvalue weighted by atomic mass is 9.93. The van der Waals surface area contributed by atoms with Gasteiger partial charge in [0.25, 0.3) is 5.91 Å². The van der Waals surface area contributed by atoms with Gasteiger partial charge in [-0.3, -0.25) is 9.48 Å². The Morgan fingerprint density at radius 3 is 3.20 bits per heavy atom. The second-order valence-electron chi connectivity index (χ2n) is 4.96. The van der Waals surface area contributed by atoms with Gasteiger partial charge in [0.1, 0.15) is 0 Å². The second-order valence-corrected chi connectivity index (χ2v) is 4.96. The minimum Gasteiger partial charge on any atom is -0.345 e. The first-order chi connectivity index (χ1) is 9.65. The van der Waals surface area contributed by atoms with E-state index in [0.717, 1.165) is 36.6 Å². The Morgan fingerprint density at radius 2 is 2.40 bits per heavy atom. The van der Waals surface area contributed by atoms with E-state index in [1.807, 2.05) is 11.7 Å². The summed E-state index contributed by atoms with van der Waals surface area (Å²) in [5, 5.41) is 7.18. The van der Waals surface area contributed by atoms with E-state index in [9.17, 15) is 9.18 Å².